The maximum absolute atomic E-state index is 9.43. The molecule has 0 bridgehead atoms. The third-order valence-corrected chi connectivity index (χ3v) is 3.69. The molecule has 1 aliphatic heterocycles. The molecular formula is C14H20ClNO2. The lowest BCUT2D eigenvalue weighted by Gasteiger charge is -2.28. The average Bonchev–Trinajstić information content (AvgIpc) is 2.89. The zero-order valence-electron chi connectivity index (χ0n) is 10.7. The highest BCUT2D eigenvalue weighted by Gasteiger charge is 2.21. The van der Waals surface area contributed by atoms with Crippen molar-refractivity contribution in [1.82, 2.24) is 0 Å². The van der Waals surface area contributed by atoms with E-state index < -0.39 is 0 Å². The molecule has 1 unspecified atom stereocenters. The van der Waals surface area contributed by atoms with E-state index in [4.69, 9.17) is 16.3 Å². The van der Waals surface area contributed by atoms with Gasteiger partial charge in [0.05, 0.1) is 23.4 Å². The lowest BCUT2D eigenvalue weighted by molar-refractivity contribution is 0.115. The molecule has 1 N–H and O–H groups in total. The van der Waals surface area contributed by atoms with E-state index in [2.05, 4.69) is 11.8 Å². The summed E-state index contributed by atoms with van der Waals surface area (Å²) in [6, 6.07) is 5.66. The van der Waals surface area contributed by atoms with Crippen molar-refractivity contribution in [3.05, 3.63) is 28.8 Å². The van der Waals surface area contributed by atoms with E-state index in [0.29, 0.717) is 5.02 Å². The Morgan fingerprint density at radius 3 is 2.94 bits per heavy atom. The molecule has 0 radical (unpaired) electrons. The number of halogens is 1. The molecule has 1 aromatic rings. The van der Waals surface area contributed by atoms with Crippen LogP contribution in [0.4, 0.5) is 5.69 Å². The fourth-order valence-electron chi connectivity index (χ4n) is 2.45. The number of aliphatic hydroxyl groups is 1. The van der Waals surface area contributed by atoms with Crippen molar-refractivity contribution in [3.63, 3.8) is 0 Å². The van der Waals surface area contributed by atoms with Crippen LogP contribution in [-0.2, 0) is 11.3 Å². The topological polar surface area (TPSA) is 32.7 Å². The number of nitrogens with zero attached hydrogens (tertiary/aromatic N) is 1. The van der Waals surface area contributed by atoms with Gasteiger partial charge in [-0.25, -0.2) is 0 Å². The van der Waals surface area contributed by atoms with Gasteiger partial charge in [-0.05, 0) is 25.8 Å². The minimum atomic E-state index is 0.0118. The number of rotatable bonds is 5. The summed E-state index contributed by atoms with van der Waals surface area (Å²) in [4.78, 5) is 2.20. The third kappa shape index (κ3) is 2.97. The first-order chi connectivity index (χ1) is 8.76. The Balaban J connectivity index is 2.20. The minimum absolute atomic E-state index is 0.0118. The normalized spacial score (nSPS) is 19.2. The molecule has 1 saturated heterocycles. The second-order valence-corrected chi connectivity index (χ2v) is 4.99. The first-order valence-corrected chi connectivity index (χ1v) is 6.88. The molecule has 0 amide bonds. The first kappa shape index (κ1) is 13.7. The number of para-hydroxylation sites is 1. The van der Waals surface area contributed by atoms with Crippen molar-refractivity contribution in [1.29, 1.82) is 0 Å². The Hall–Kier alpha value is -0.770. The molecule has 2 rings (SSSR count). The van der Waals surface area contributed by atoms with Gasteiger partial charge in [-0.15, -0.1) is 0 Å². The molecule has 3 nitrogen and oxygen atoms in total. The van der Waals surface area contributed by atoms with Gasteiger partial charge in [0, 0.05) is 25.3 Å². The summed E-state index contributed by atoms with van der Waals surface area (Å²) in [5.41, 5.74) is 1.82. The van der Waals surface area contributed by atoms with Crippen LogP contribution < -0.4 is 4.90 Å². The molecule has 0 aliphatic carbocycles. The van der Waals surface area contributed by atoms with Crippen molar-refractivity contribution in [3.8, 4) is 0 Å². The highest BCUT2D eigenvalue weighted by molar-refractivity contribution is 6.33. The Labute approximate surface area is 113 Å². The second-order valence-electron chi connectivity index (χ2n) is 4.58. The van der Waals surface area contributed by atoms with Crippen LogP contribution in [0.1, 0.15) is 25.3 Å². The second kappa shape index (κ2) is 6.41. The predicted octanol–water partition coefficient (Wildman–Crippen LogP) is 2.84. The molecule has 1 aromatic carbocycles. The van der Waals surface area contributed by atoms with E-state index in [0.717, 1.165) is 43.8 Å². The minimum Gasteiger partial charge on any atom is -0.392 e. The molecule has 0 spiro atoms. The van der Waals surface area contributed by atoms with Crippen LogP contribution in [0.3, 0.4) is 0 Å². The molecule has 1 heterocycles. The zero-order valence-corrected chi connectivity index (χ0v) is 11.5. The van der Waals surface area contributed by atoms with E-state index in [9.17, 15) is 5.11 Å². The van der Waals surface area contributed by atoms with Gasteiger partial charge in [-0.1, -0.05) is 23.7 Å². The van der Waals surface area contributed by atoms with E-state index in [-0.39, 0.29) is 12.7 Å². The number of ether oxygens (including phenoxy) is 1. The first-order valence-electron chi connectivity index (χ1n) is 6.51. The predicted molar refractivity (Wildman–Crippen MR) is 74.2 cm³/mol. The molecule has 18 heavy (non-hydrogen) atoms. The Morgan fingerprint density at radius 1 is 1.50 bits per heavy atom. The largest absolute Gasteiger partial charge is 0.392 e. The molecule has 0 aromatic heterocycles. The fraction of sp³-hybridized carbons (Fsp3) is 0.571. The van der Waals surface area contributed by atoms with Crippen molar-refractivity contribution in [2.75, 3.05) is 24.6 Å². The molecule has 1 atom stereocenters. The summed E-state index contributed by atoms with van der Waals surface area (Å²) < 4.78 is 5.67. The molecule has 1 aliphatic rings. The van der Waals surface area contributed by atoms with Crippen molar-refractivity contribution < 1.29 is 9.84 Å². The monoisotopic (exact) mass is 269 g/mol. The average molecular weight is 270 g/mol. The molecule has 0 saturated carbocycles. The van der Waals surface area contributed by atoms with Gasteiger partial charge in [0.1, 0.15) is 0 Å². The van der Waals surface area contributed by atoms with Crippen LogP contribution in [-0.4, -0.2) is 30.9 Å². The standard InChI is InChI=1S/C14H20ClNO2/c1-2-16(9-12-6-4-8-18-12)14-11(10-17)5-3-7-13(14)15/h3,5,7,12,17H,2,4,6,8-10H2,1H3. The Morgan fingerprint density at radius 2 is 2.33 bits per heavy atom. The summed E-state index contributed by atoms with van der Waals surface area (Å²) in [6.07, 6.45) is 2.53. The van der Waals surface area contributed by atoms with Crippen LogP contribution in [0.2, 0.25) is 5.02 Å². The Bertz CT molecular complexity index is 391. The van der Waals surface area contributed by atoms with E-state index in [1.54, 1.807) is 0 Å². The molecule has 1 fully saturated rings. The van der Waals surface area contributed by atoms with Gasteiger partial charge in [0.15, 0.2) is 0 Å². The summed E-state index contributed by atoms with van der Waals surface area (Å²) in [7, 11) is 0. The van der Waals surface area contributed by atoms with Gasteiger partial charge < -0.3 is 14.7 Å². The maximum atomic E-state index is 9.43. The third-order valence-electron chi connectivity index (χ3n) is 3.39. The van der Waals surface area contributed by atoms with E-state index in [1.807, 2.05) is 18.2 Å². The number of hydrogen-bond acceptors (Lipinski definition) is 3. The van der Waals surface area contributed by atoms with Crippen LogP contribution in [0, 0.1) is 0 Å². The number of hydrogen-bond donors (Lipinski definition) is 1. The van der Waals surface area contributed by atoms with Crippen molar-refractivity contribution in [2.45, 2.75) is 32.5 Å². The highest BCUT2D eigenvalue weighted by atomic mass is 35.5. The van der Waals surface area contributed by atoms with Crippen LogP contribution in [0.25, 0.3) is 0 Å². The SMILES string of the molecule is CCN(CC1CCCO1)c1c(Cl)cccc1CO. The van der Waals surface area contributed by atoms with Crippen LogP contribution in [0.5, 0.6) is 0 Å². The molecule has 100 valence electrons. The van der Waals surface area contributed by atoms with Gasteiger partial charge >= 0.3 is 0 Å². The van der Waals surface area contributed by atoms with Gasteiger partial charge in [0.25, 0.3) is 0 Å². The van der Waals surface area contributed by atoms with Gasteiger partial charge in [-0.3, -0.25) is 0 Å². The molecular weight excluding hydrogens is 250 g/mol. The number of aliphatic hydroxyl groups excluding tert-OH is 1. The lowest BCUT2D eigenvalue weighted by Crippen LogP contribution is -2.33. The lowest BCUT2D eigenvalue weighted by atomic mass is 10.1. The van der Waals surface area contributed by atoms with E-state index >= 15 is 0 Å². The number of benzene rings is 1. The van der Waals surface area contributed by atoms with Crippen LogP contribution in [0.15, 0.2) is 18.2 Å². The van der Waals surface area contributed by atoms with Gasteiger partial charge in [-0.2, -0.15) is 0 Å². The summed E-state index contributed by atoms with van der Waals surface area (Å²) in [6.45, 7) is 4.67. The summed E-state index contributed by atoms with van der Waals surface area (Å²) >= 11 is 6.27. The summed E-state index contributed by atoms with van der Waals surface area (Å²) in [5, 5.41) is 10.1. The quantitative estimate of drug-likeness (QED) is 0.892. The zero-order chi connectivity index (χ0) is 13.0. The molecule has 4 heteroatoms. The van der Waals surface area contributed by atoms with Crippen molar-refractivity contribution >= 4 is 17.3 Å². The number of likely N-dealkylation sites (N-methyl/N-ethyl adjacent to an activating group) is 1. The smallest absolute Gasteiger partial charge is 0.0750 e. The highest BCUT2D eigenvalue weighted by Crippen LogP contribution is 2.31. The van der Waals surface area contributed by atoms with Gasteiger partial charge in [0.2, 0.25) is 0 Å². The summed E-state index contributed by atoms with van der Waals surface area (Å²) in [5.74, 6) is 0. The number of anilines is 1. The van der Waals surface area contributed by atoms with Crippen molar-refractivity contribution in [2.24, 2.45) is 0 Å². The fourth-order valence-corrected chi connectivity index (χ4v) is 2.77. The maximum Gasteiger partial charge on any atom is 0.0750 e. The van der Waals surface area contributed by atoms with Crippen LogP contribution >= 0.6 is 11.6 Å². The van der Waals surface area contributed by atoms with E-state index in [1.165, 1.54) is 0 Å². The Kier molecular flexibility index (Phi) is 4.87.